The van der Waals surface area contributed by atoms with Crippen LogP contribution in [0.3, 0.4) is 0 Å². The molecule has 0 aromatic heterocycles. The van der Waals surface area contributed by atoms with Gasteiger partial charge in [0.15, 0.2) is 0 Å². The first-order valence-corrected chi connectivity index (χ1v) is 10.9. The van der Waals surface area contributed by atoms with Crippen molar-refractivity contribution in [1.82, 2.24) is 15.5 Å². The van der Waals surface area contributed by atoms with Crippen LogP contribution >= 0.6 is 0 Å². The van der Waals surface area contributed by atoms with Gasteiger partial charge in [0.2, 0.25) is 17.7 Å². The molecule has 5 unspecified atom stereocenters. The Bertz CT molecular complexity index is 652. The van der Waals surface area contributed by atoms with E-state index in [1.165, 1.54) is 11.8 Å². The van der Waals surface area contributed by atoms with Crippen LogP contribution in [0.2, 0.25) is 0 Å². The van der Waals surface area contributed by atoms with Crippen LogP contribution in [-0.2, 0) is 19.2 Å². The van der Waals surface area contributed by atoms with Crippen molar-refractivity contribution in [2.45, 2.75) is 90.6 Å². The Morgan fingerprint density at radius 1 is 1.00 bits per heavy atom. The van der Waals surface area contributed by atoms with Crippen LogP contribution in [0.15, 0.2) is 0 Å². The third-order valence-corrected chi connectivity index (χ3v) is 5.27. The van der Waals surface area contributed by atoms with E-state index in [1.54, 1.807) is 0 Å². The number of nitrogens with one attached hydrogen (secondary N) is 2. The average molecular weight is 443 g/mol. The maximum absolute atomic E-state index is 12.9. The molecule has 0 aromatic rings. The number of aliphatic hydroxyl groups is 1. The fourth-order valence-corrected chi connectivity index (χ4v) is 3.70. The highest BCUT2D eigenvalue weighted by molar-refractivity contribution is 5.94. The summed E-state index contributed by atoms with van der Waals surface area (Å²) in [6, 6.07) is -4.00. The van der Waals surface area contributed by atoms with Gasteiger partial charge in [0, 0.05) is 6.54 Å². The van der Waals surface area contributed by atoms with E-state index in [1.807, 2.05) is 27.7 Å². The van der Waals surface area contributed by atoms with Gasteiger partial charge in [-0.15, -0.1) is 0 Å². The highest BCUT2D eigenvalue weighted by Gasteiger charge is 2.40. The van der Waals surface area contributed by atoms with Crippen molar-refractivity contribution in [2.75, 3.05) is 6.54 Å². The Morgan fingerprint density at radius 2 is 1.58 bits per heavy atom. The van der Waals surface area contributed by atoms with Crippen LogP contribution in [-0.4, -0.2) is 75.6 Å². The van der Waals surface area contributed by atoms with Crippen LogP contribution in [0, 0.1) is 11.8 Å². The van der Waals surface area contributed by atoms with E-state index in [4.69, 9.17) is 5.73 Å². The van der Waals surface area contributed by atoms with Gasteiger partial charge >= 0.3 is 5.97 Å². The molecule has 1 aliphatic heterocycles. The Balaban J connectivity index is 2.95. The minimum absolute atomic E-state index is 0.0630. The molecule has 0 aliphatic carbocycles. The van der Waals surface area contributed by atoms with Crippen LogP contribution < -0.4 is 16.4 Å². The molecule has 10 heteroatoms. The summed E-state index contributed by atoms with van der Waals surface area (Å²) in [7, 11) is 0. The fraction of sp³-hybridized carbons (Fsp3) is 0.810. The Labute approximate surface area is 183 Å². The van der Waals surface area contributed by atoms with Gasteiger partial charge in [-0.1, -0.05) is 27.7 Å². The summed E-state index contributed by atoms with van der Waals surface area (Å²) in [5.41, 5.74) is 5.92. The molecule has 0 radical (unpaired) electrons. The van der Waals surface area contributed by atoms with Gasteiger partial charge in [0.25, 0.3) is 0 Å². The number of carboxylic acid groups (broad SMARTS) is 1. The zero-order chi connectivity index (χ0) is 23.9. The minimum Gasteiger partial charge on any atom is -0.480 e. The summed E-state index contributed by atoms with van der Waals surface area (Å²) >= 11 is 0. The molecule has 3 amide bonds. The summed E-state index contributed by atoms with van der Waals surface area (Å²) in [4.78, 5) is 50.9. The van der Waals surface area contributed by atoms with E-state index >= 15 is 0 Å². The number of aliphatic hydroxyl groups excluding tert-OH is 1. The molecule has 178 valence electrons. The van der Waals surface area contributed by atoms with Gasteiger partial charge < -0.3 is 31.5 Å². The van der Waals surface area contributed by atoms with Gasteiger partial charge in [-0.05, 0) is 44.4 Å². The van der Waals surface area contributed by atoms with Crippen molar-refractivity contribution in [3.05, 3.63) is 0 Å². The lowest BCUT2D eigenvalue weighted by Gasteiger charge is -2.30. The quantitative estimate of drug-likeness (QED) is 0.297. The fourth-order valence-electron chi connectivity index (χ4n) is 3.70. The van der Waals surface area contributed by atoms with Gasteiger partial charge in [0.05, 0.1) is 12.1 Å². The molecule has 31 heavy (non-hydrogen) atoms. The third kappa shape index (κ3) is 8.10. The summed E-state index contributed by atoms with van der Waals surface area (Å²) in [6.07, 6.45) is 0.380. The highest BCUT2D eigenvalue weighted by atomic mass is 16.4. The van der Waals surface area contributed by atoms with E-state index in [0.717, 1.165) is 0 Å². The van der Waals surface area contributed by atoms with Crippen LogP contribution in [0.25, 0.3) is 0 Å². The third-order valence-electron chi connectivity index (χ3n) is 5.27. The average Bonchev–Trinajstić information content (AvgIpc) is 3.13. The van der Waals surface area contributed by atoms with Crippen molar-refractivity contribution in [3.63, 3.8) is 0 Å². The van der Waals surface area contributed by atoms with Gasteiger partial charge in [0.1, 0.15) is 18.1 Å². The number of nitrogens with zero attached hydrogens (tertiary/aromatic N) is 1. The zero-order valence-corrected chi connectivity index (χ0v) is 19.1. The molecule has 0 spiro atoms. The van der Waals surface area contributed by atoms with Gasteiger partial charge in [-0.2, -0.15) is 0 Å². The van der Waals surface area contributed by atoms with Crippen molar-refractivity contribution in [2.24, 2.45) is 17.6 Å². The van der Waals surface area contributed by atoms with E-state index in [-0.39, 0.29) is 18.4 Å². The van der Waals surface area contributed by atoms with E-state index < -0.39 is 54.0 Å². The summed E-state index contributed by atoms with van der Waals surface area (Å²) < 4.78 is 0. The molecule has 10 nitrogen and oxygen atoms in total. The van der Waals surface area contributed by atoms with Crippen LogP contribution in [0.4, 0.5) is 0 Å². The zero-order valence-electron chi connectivity index (χ0n) is 19.1. The second-order valence-corrected chi connectivity index (χ2v) is 9.18. The van der Waals surface area contributed by atoms with E-state index in [9.17, 15) is 29.4 Å². The molecule has 0 aromatic carbocycles. The number of rotatable bonds is 11. The summed E-state index contributed by atoms with van der Waals surface area (Å²) in [5, 5.41) is 24.6. The van der Waals surface area contributed by atoms with Crippen molar-refractivity contribution in [1.29, 1.82) is 0 Å². The predicted octanol–water partition coefficient (Wildman–Crippen LogP) is -0.168. The Kier molecular flexibility index (Phi) is 10.4. The van der Waals surface area contributed by atoms with Crippen LogP contribution in [0.5, 0.6) is 0 Å². The number of nitrogens with two attached hydrogens (primary N) is 1. The highest BCUT2D eigenvalue weighted by Crippen LogP contribution is 2.19. The molecule has 1 heterocycles. The Morgan fingerprint density at radius 3 is 2.06 bits per heavy atom. The first kappa shape index (κ1) is 26.8. The number of likely N-dealkylation sites (tertiary alicyclic amines) is 1. The number of aliphatic carboxylic acids is 1. The number of carbonyl (C=O) groups is 4. The number of amides is 3. The van der Waals surface area contributed by atoms with Crippen molar-refractivity contribution >= 4 is 23.7 Å². The minimum atomic E-state index is -1.32. The van der Waals surface area contributed by atoms with Crippen molar-refractivity contribution in [3.8, 4) is 0 Å². The molecule has 6 N–H and O–H groups in total. The molecule has 5 atom stereocenters. The smallest absolute Gasteiger partial charge is 0.326 e. The lowest BCUT2D eigenvalue weighted by atomic mass is 10.00. The van der Waals surface area contributed by atoms with E-state index in [0.29, 0.717) is 25.7 Å². The molecule has 0 saturated carbocycles. The second-order valence-electron chi connectivity index (χ2n) is 9.18. The Hall–Kier alpha value is -2.20. The molecule has 1 rings (SSSR count). The lowest BCUT2D eigenvalue weighted by molar-refractivity contribution is -0.150. The monoisotopic (exact) mass is 442 g/mol. The largest absolute Gasteiger partial charge is 0.480 e. The standard InChI is InChI=1S/C21H38N4O6/c1-11(2)9-14(22)18(27)23-15(10-12(3)4)19(28)24-17(13(5)26)20(29)25-8-6-7-16(25)21(30)31/h11-17,26H,6-10,22H2,1-5H3,(H,23,27)(H,24,28)(H,30,31). The molecule has 1 saturated heterocycles. The molecule has 0 bridgehead atoms. The molecular formula is C21H38N4O6. The SMILES string of the molecule is CC(C)CC(N)C(=O)NC(CC(C)C)C(=O)NC(C(=O)N1CCCC1C(=O)O)C(C)O. The predicted molar refractivity (Wildman–Crippen MR) is 115 cm³/mol. The lowest BCUT2D eigenvalue weighted by Crippen LogP contribution is -2.60. The molecule has 1 fully saturated rings. The molecular weight excluding hydrogens is 404 g/mol. The van der Waals surface area contributed by atoms with Crippen molar-refractivity contribution < 1.29 is 29.4 Å². The van der Waals surface area contributed by atoms with Gasteiger partial charge in [-0.3, -0.25) is 14.4 Å². The topological polar surface area (TPSA) is 162 Å². The normalized spacial score (nSPS) is 20.3. The van der Waals surface area contributed by atoms with Gasteiger partial charge in [-0.25, -0.2) is 4.79 Å². The summed E-state index contributed by atoms with van der Waals surface area (Å²) in [5.74, 6) is -2.58. The van der Waals surface area contributed by atoms with E-state index in [2.05, 4.69) is 10.6 Å². The maximum atomic E-state index is 12.9. The van der Waals surface area contributed by atoms with Crippen LogP contribution in [0.1, 0.15) is 60.3 Å². The summed E-state index contributed by atoms with van der Waals surface area (Å²) in [6.45, 7) is 9.24. The number of hydrogen-bond acceptors (Lipinski definition) is 6. The molecule has 1 aliphatic rings. The first-order valence-electron chi connectivity index (χ1n) is 10.9. The maximum Gasteiger partial charge on any atom is 0.326 e. The number of carbonyl (C=O) groups excluding carboxylic acids is 3. The first-order chi connectivity index (χ1) is 14.3. The number of hydrogen-bond donors (Lipinski definition) is 5. The number of carboxylic acids is 1. The second kappa shape index (κ2) is 12.0.